The first-order chi connectivity index (χ1) is 10.5. The highest BCUT2D eigenvalue weighted by atomic mass is 35.5. The Labute approximate surface area is 135 Å². The SMILES string of the molecule is CC[C@H](Oc1cc(C)ccc1Cl)C(=O)Nc1ccc(C)cn1. The van der Waals surface area contributed by atoms with Crippen LogP contribution in [0.15, 0.2) is 36.5 Å². The average molecular weight is 319 g/mol. The molecule has 0 spiro atoms. The van der Waals surface area contributed by atoms with Crippen molar-refractivity contribution < 1.29 is 9.53 Å². The number of halogens is 1. The Morgan fingerprint density at radius 2 is 2.00 bits per heavy atom. The summed E-state index contributed by atoms with van der Waals surface area (Å²) in [5, 5.41) is 3.25. The van der Waals surface area contributed by atoms with Crippen molar-refractivity contribution in [3.05, 3.63) is 52.7 Å². The quantitative estimate of drug-likeness (QED) is 0.901. The van der Waals surface area contributed by atoms with Gasteiger partial charge in [-0.05, 0) is 49.6 Å². The third-order valence-electron chi connectivity index (χ3n) is 3.18. The van der Waals surface area contributed by atoms with Crippen LogP contribution in [0.25, 0.3) is 0 Å². The molecule has 1 aromatic carbocycles. The lowest BCUT2D eigenvalue weighted by atomic mass is 10.2. The number of hydrogen-bond acceptors (Lipinski definition) is 3. The van der Waals surface area contributed by atoms with E-state index in [0.29, 0.717) is 23.0 Å². The molecule has 0 aliphatic heterocycles. The zero-order valence-corrected chi connectivity index (χ0v) is 13.6. The number of carbonyl (C=O) groups excluding carboxylic acids is 1. The second-order valence-electron chi connectivity index (χ2n) is 5.16. The maximum Gasteiger partial charge on any atom is 0.266 e. The minimum Gasteiger partial charge on any atom is -0.479 e. The number of amides is 1. The van der Waals surface area contributed by atoms with Crippen LogP contribution in [0.3, 0.4) is 0 Å². The number of rotatable bonds is 5. The summed E-state index contributed by atoms with van der Waals surface area (Å²) in [5.74, 6) is 0.782. The first kappa shape index (κ1) is 16.3. The van der Waals surface area contributed by atoms with Gasteiger partial charge in [0.15, 0.2) is 6.10 Å². The van der Waals surface area contributed by atoms with Crippen molar-refractivity contribution in [1.29, 1.82) is 0 Å². The minimum absolute atomic E-state index is 0.239. The van der Waals surface area contributed by atoms with Crippen molar-refractivity contribution in [2.45, 2.75) is 33.3 Å². The highest BCUT2D eigenvalue weighted by Gasteiger charge is 2.20. The van der Waals surface area contributed by atoms with Gasteiger partial charge in [-0.15, -0.1) is 0 Å². The summed E-state index contributed by atoms with van der Waals surface area (Å²) in [7, 11) is 0. The van der Waals surface area contributed by atoms with Gasteiger partial charge < -0.3 is 10.1 Å². The van der Waals surface area contributed by atoms with Crippen LogP contribution in [0, 0.1) is 13.8 Å². The molecule has 116 valence electrons. The van der Waals surface area contributed by atoms with E-state index in [4.69, 9.17) is 16.3 Å². The number of aromatic nitrogens is 1. The van der Waals surface area contributed by atoms with Crippen molar-refractivity contribution in [2.75, 3.05) is 5.32 Å². The molecular weight excluding hydrogens is 300 g/mol. The average Bonchev–Trinajstić information content (AvgIpc) is 2.50. The van der Waals surface area contributed by atoms with Gasteiger partial charge >= 0.3 is 0 Å². The van der Waals surface area contributed by atoms with E-state index in [-0.39, 0.29) is 5.91 Å². The van der Waals surface area contributed by atoms with Gasteiger partial charge in [-0.2, -0.15) is 0 Å². The Hall–Kier alpha value is -2.07. The fourth-order valence-corrected chi connectivity index (χ4v) is 2.09. The van der Waals surface area contributed by atoms with Crippen LogP contribution in [0.1, 0.15) is 24.5 Å². The van der Waals surface area contributed by atoms with Crippen molar-refractivity contribution in [3.8, 4) is 5.75 Å². The fraction of sp³-hybridized carbons (Fsp3) is 0.294. The molecule has 0 fully saturated rings. The van der Waals surface area contributed by atoms with E-state index in [9.17, 15) is 4.79 Å². The molecule has 0 bridgehead atoms. The van der Waals surface area contributed by atoms with Gasteiger partial charge in [-0.3, -0.25) is 4.79 Å². The predicted octanol–water partition coefficient (Wildman–Crippen LogP) is 4.15. The Bertz CT molecular complexity index is 656. The molecule has 4 nitrogen and oxygen atoms in total. The van der Waals surface area contributed by atoms with E-state index >= 15 is 0 Å². The van der Waals surface area contributed by atoms with Gasteiger partial charge in [0, 0.05) is 6.20 Å². The van der Waals surface area contributed by atoms with Crippen LogP contribution in [-0.4, -0.2) is 17.0 Å². The maximum absolute atomic E-state index is 12.3. The second-order valence-corrected chi connectivity index (χ2v) is 5.57. The predicted molar refractivity (Wildman–Crippen MR) is 88.5 cm³/mol. The van der Waals surface area contributed by atoms with Gasteiger partial charge in [0.2, 0.25) is 0 Å². The van der Waals surface area contributed by atoms with Crippen LogP contribution >= 0.6 is 11.6 Å². The number of aryl methyl sites for hydroxylation is 2. The number of hydrogen-bond donors (Lipinski definition) is 1. The van der Waals surface area contributed by atoms with Crippen molar-refractivity contribution >= 4 is 23.3 Å². The third-order valence-corrected chi connectivity index (χ3v) is 3.49. The van der Waals surface area contributed by atoms with Gasteiger partial charge in [0.1, 0.15) is 11.6 Å². The molecule has 0 unspecified atom stereocenters. The zero-order chi connectivity index (χ0) is 16.1. The minimum atomic E-state index is -0.623. The molecule has 0 saturated heterocycles. The number of ether oxygens (including phenoxy) is 1. The van der Waals surface area contributed by atoms with Crippen LogP contribution in [0.5, 0.6) is 5.75 Å². The van der Waals surface area contributed by atoms with Gasteiger partial charge in [-0.25, -0.2) is 4.98 Å². The molecule has 1 N–H and O–H groups in total. The molecule has 1 atom stereocenters. The van der Waals surface area contributed by atoms with Crippen LogP contribution < -0.4 is 10.1 Å². The summed E-state index contributed by atoms with van der Waals surface area (Å²) < 4.78 is 5.76. The number of nitrogens with zero attached hydrogens (tertiary/aromatic N) is 1. The Kier molecular flexibility index (Phi) is 5.39. The van der Waals surface area contributed by atoms with E-state index < -0.39 is 6.10 Å². The fourth-order valence-electron chi connectivity index (χ4n) is 1.92. The van der Waals surface area contributed by atoms with Gasteiger partial charge in [-0.1, -0.05) is 30.7 Å². The topological polar surface area (TPSA) is 51.2 Å². The van der Waals surface area contributed by atoms with E-state index in [1.165, 1.54) is 0 Å². The standard InChI is InChI=1S/C17H19ClN2O2/c1-4-14(22-15-9-11(2)5-7-13(15)18)17(21)20-16-8-6-12(3)10-19-16/h5-10,14H,4H2,1-3H3,(H,19,20,21)/t14-/m0/s1. The second kappa shape index (κ2) is 7.27. The molecule has 22 heavy (non-hydrogen) atoms. The molecule has 0 saturated carbocycles. The van der Waals surface area contributed by atoms with E-state index in [1.807, 2.05) is 39.0 Å². The monoisotopic (exact) mass is 318 g/mol. The number of anilines is 1. The lowest BCUT2D eigenvalue weighted by molar-refractivity contribution is -0.122. The Morgan fingerprint density at radius 3 is 2.64 bits per heavy atom. The molecule has 0 aliphatic carbocycles. The van der Waals surface area contributed by atoms with Gasteiger partial charge in [0.25, 0.3) is 5.91 Å². The van der Waals surface area contributed by atoms with Gasteiger partial charge in [0.05, 0.1) is 5.02 Å². The smallest absolute Gasteiger partial charge is 0.266 e. The molecule has 2 aromatic rings. The van der Waals surface area contributed by atoms with Crippen LogP contribution in [0.2, 0.25) is 5.02 Å². The summed E-state index contributed by atoms with van der Waals surface area (Å²) >= 11 is 6.11. The number of pyridine rings is 1. The molecule has 1 amide bonds. The first-order valence-corrected chi connectivity index (χ1v) is 7.53. The summed E-state index contributed by atoms with van der Waals surface area (Å²) in [6.45, 7) is 5.77. The summed E-state index contributed by atoms with van der Waals surface area (Å²) in [6.07, 6.45) is 1.61. The molecular formula is C17H19ClN2O2. The highest BCUT2D eigenvalue weighted by Crippen LogP contribution is 2.27. The lowest BCUT2D eigenvalue weighted by Gasteiger charge is -2.18. The van der Waals surface area contributed by atoms with E-state index in [0.717, 1.165) is 11.1 Å². The van der Waals surface area contributed by atoms with Crippen LogP contribution in [0.4, 0.5) is 5.82 Å². The number of nitrogens with one attached hydrogen (secondary N) is 1. The Balaban J connectivity index is 2.08. The lowest BCUT2D eigenvalue weighted by Crippen LogP contribution is -2.32. The van der Waals surface area contributed by atoms with Crippen LogP contribution in [-0.2, 0) is 4.79 Å². The molecule has 1 aromatic heterocycles. The van der Waals surface area contributed by atoms with E-state index in [1.54, 1.807) is 18.3 Å². The summed E-state index contributed by atoms with van der Waals surface area (Å²) in [6, 6.07) is 9.13. The summed E-state index contributed by atoms with van der Waals surface area (Å²) in [5.41, 5.74) is 2.06. The maximum atomic E-state index is 12.3. The molecule has 1 heterocycles. The normalized spacial score (nSPS) is 11.8. The number of benzene rings is 1. The molecule has 5 heteroatoms. The Morgan fingerprint density at radius 1 is 1.27 bits per heavy atom. The van der Waals surface area contributed by atoms with Crippen molar-refractivity contribution in [3.63, 3.8) is 0 Å². The van der Waals surface area contributed by atoms with E-state index in [2.05, 4.69) is 10.3 Å². The molecule has 0 aliphatic rings. The van der Waals surface area contributed by atoms with Crippen molar-refractivity contribution in [1.82, 2.24) is 4.98 Å². The third kappa shape index (κ3) is 4.21. The molecule has 2 rings (SSSR count). The zero-order valence-electron chi connectivity index (χ0n) is 12.9. The number of carbonyl (C=O) groups is 1. The molecule has 0 radical (unpaired) electrons. The first-order valence-electron chi connectivity index (χ1n) is 7.16. The largest absolute Gasteiger partial charge is 0.479 e. The van der Waals surface area contributed by atoms with Crippen molar-refractivity contribution in [2.24, 2.45) is 0 Å². The summed E-state index contributed by atoms with van der Waals surface area (Å²) in [4.78, 5) is 16.5. The highest BCUT2D eigenvalue weighted by molar-refractivity contribution is 6.32.